The summed E-state index contributed by atoms with van der Waals surface area (Å²) in [6, 6.07) is 10.6. The van der Waals surface area contributed by atoms with Crippen molar-refractivity contribution in [2.75, 3.05) is 0 Å². The van der Waals surface area contributed by atoms with Gasteiger partial charge in [0.25, 0.3) is 5.91 Å². The highest BCUT2D eigenvalue weighted by Crippen LogP contribution is 2.29. The summed E-state index contributed by atoms with van der Waals surface area (Å²) in [4.78, 5) is 12.3. The van der Waals surface area contributed by atoms with Gasteiger partial charge in [-0.1, -0.05) is 12.1 Å². The number of furan rings is 1. The van der Waals surface area contributed by atoms with Crippen LogP contribution in [0.5, 0.6) is 0 Å². The quantitative estimate of drug-likeness (QED) is 0.905. The van der Waals surface area contributed by atoms with E-state index in [2.05, 4.69) is 10.6 Å². The van der Waals surface area contributed by atoms with E-state index >= 15 is 0 Å². The van der Waals surface area contributed by atoms with Gasteiger partial charge in [0.1, 0.15) is 11.6 Å². The van der Waals surface area contributed by atoms with Crippen molar-refractivity contribution in [3.05, 3.63) is 48.0 Å². The molecule has 0 spiro atoms. The number of benzene rings is 1. The Morgan fingerprint density at radius 2 is 2.13 bits per heavy atom. The Morgan fingerprint density at radius 1 is 1.26 bits per heavy atom. The summed E-state index contributed by atoms with van der Waals surface area (Å²) >= 11 is 0. The minimum Gasteiger partial charge on any atom is -0.451 e. The number of halogens is 2. The summed E-state index contributed by atoms with van der Waals surface area (Å²) in [7, 11) is 0. The van der Waals surface area contributed by atoms with Crippen molar-refractivity contribution in [3.8, 4) is 11.3 Å². The second-order valence-electron chi connectivity index (χ2n) is 6.04. The fourth-order valence-electron chi connectivity index (χ4n) is 3.48. The lowest BCUT2D eigenvalue weighted by molar-refractivity contribution is 0.0903. The number of fused-ring (bicyclic) bond motifs is 2. The van der Waals surface area contributed by atoms with E-state index in [1.165, 1.54) is 18.6 Å². The summed E-state index contributed by atoms with van der Waals surface area (Å²) in [6.07, 6.45) is 3.29. The first-order chi connectivity index (χ1) is 10.7. The standard InChI is InChI=1S/C17H17FN2O2.ClH/c18-11-3-1-2-10(8-11)15-6-7-16(22-15)17(21)20-14-9-12-4-5-13(14)19-12;/h1-3,6-8,12-14,19H,4-5,9H2,(H,20,21);1H/t12?,13?,14-;/m1./s1. The van der Waals surface area contributed by atoms with Crippen molar-refractivity contribution < 1.29 is 13.6 Å². The molecule has 2 unspecified atom stereocenters. The molecule has 2 aromatic rings. The molecular formula is C17H18ClFN2O2. The minimum atomic E-state index is -0.326. The van der Waals surface area contributed by atoms with Crippen LogP contribution < -0.4 is 10.6 Å². The van der Waals surface area contributed by atoms with Crippen molar-refractivity contribution in [2.24, 2.45) is 0 Å². The molecule has 4 nitrogen and oxygen atoms in total. The van der Waals surface area contributed by atoms with Crippen LogP contribution in [0.1, 0.15) is 29.8 Å². The van der Waals surface area contributed by atoms with E-state index < -0.39 is 0 Å². The highest BCUT2D eigenvalue weighted by atomic mass is 35.5. The van der Waals surface area contributed by atoms with Crippen molar-refractivity contribution in [2.45, 2.75) is 37.4 Å². The van der Waals surface area contributed by atoms with E-state index in [4.69, 9.17) is 4.42 Å². The topological polar surface area (TPSA) is 54.3 Å². The largest absolute Gasteiger partial charge is 0.451 e. The Bertz CT molecular complexity index is 718. The third-order valence-corrected chi connectivity index (χ3v) is 4.56. The molecule has 4 rings (SSSR count). The SMILES string of the molecule is Cl.O=C(N[C@@H]1CC2CCC1N2)c1ccc(-c2cccc(F)c2)o1. The normalized spacial score (nSPS) is 25.2. The number of hydrogen-bond acceptors (Lipinski definition) is 3. The zero-order valence-electron chi connectivity index (χ0n) is 12.4. The molecule has 2 bridgehead atoms. The first-order valence-corrected chi connectivity index (χ1v) is 7.62. The molecule has 0 saturated carbocycles. The van der Waals surface area contributed by atoms with Crippen LogP contribution in [0.3, 0.4) is 0 Å². The summed E-state index contributed by atoms with van der Waals surface area (Å²) in [5.41, 5.74) is 0.626. The van der Waals surface area contributed by atoms with Crippen LogP contribution in [0.4, 0.5) is 4.39 Å². The number of rotatable bonds is 3. The molecular weight excluding hydrogens is 319 g/mol. The van der Waals surface area contributed by atoms with Crippen LogP contribution in [-0.4, -0.2) is 24.0 Å². The van der Waals surface area contributed by atoms with Crippen LogP contribution in [0, 0.1) is 5.82 Å². The molecule has 2 aliphatic rings. The van der Waals surface area contributed by atoms with Crippen LogP contribution >= 0.6 is 12.4 Å². The van der Waals surface area contributed by atoms with Crippen molar-refractivity contribution in [1.82, 2.24) is 10.6 Å². The van der Waals surface area contributed by atoms with Crippen molar-refractivity contribution in [1.29, 1.82) is 0 Å². The molecule has 2 aliphatic heterocycles. The zero-order valence-corrected chi connectivity index (χ0v) is 13.2. The van der Waals surface area contributed by atoms with Crippen LogP contribution in [0.25, 0.3) is 11.3 Å². The van der Waals surface area contributed by atoms with Gasteiger partial charge >= 0.3 is 0 Å². The molecule has 2 N–H and O–H groups in total. The van der Waals surface area contributed by atoms with E-state index in [1.807, 2.05) is 0 Å². The third-order valence-electron chi connectivity index (χ3n) is 4.56. The van der Waals surface area contributed by atoms with E-state index in [-0.39, 0.29) is 35.9 Å². The van der Waals surface area contributed by atoms with Gasteiger partial charge in [-0.25, -0.2) is 4.39 Å². The first kappa shape index (κ1) is 16.0. The van der Waals surface area contributed by atoms with Crippen LogP contribution in [-0.2, 0) is 0 Å². The van der Waals surface area contributed by atoms with Gasteiger partial charge in [0, 0.05) is 23.7 Å². The van der Waals surface area contributed by atoms with E-state index in [0.717, 1.165) is 12.8 Å². The predicted octanol–water partition coefficient (Wildman–Crippen LogP) is 3.13. The van der Waals surface area contributed by atoms with Crippen LogP contribution in [0.2, 0.25) is 0 Å². The Morgan fingerprint density at radius 3 is 2.83 bits per heavy atom. The molecule has 3 heterocycles. The maximum atomic E-state index is 13.2. The van der Waals surface area contributed by atoms with Gasteiger partial charge in [-0.15, -0.1) is 12.4 Å². The Balaban J connectivity index is 0.00000156. The average Bonchev–Trinajstić information content (AvgIpc) is 3.23. The molecule has 1 amide bonds. The van der Waals surface area contributed by atoms with Gasteiger partial charge < -0.3 is 15.1 Å². The van der Waals surface area contributed by atoms with E-state index in [1.54, 1.807) is 24.3 Å². The number of hydrogen-bond donors (Lipinski definition) is 2. The second-order valence-corrected chi connectivity index (χ2v) is 6.04. The van der Waals surface area contributed by atoms with Gasteiger partial charge in [-0.05, 0) is 43.5 Å². The molecule has 1 aromatic carbocycles. The molecule has 2 saturated heterocycles. The van der Waals surface area contributed by atoms with E-state index in [9.17, 15) is 9.18 Å². The third kappa shape index (κ3) is 3.12. The second kappa shape index (κ2) is 6.34. The fraction of sp³-hybridized carbons (Fsp3) is 0.353. The molecule has 6 heteroatoms. The van der Waals surface area contributed by atoms with Gasteiger partial charge in [0.15, 0.2) is 5.76 Å². The Labute approximate surface area is 139 Å². The molecule has 2 fully saturated rings. The maximum Gasteiger partial charge on any atom is 0.287 e. The number of carbonyl (C=O) groups is 1. The monoisotopic (exact) mass is 336 g/mol. The summed E-state index contributed by atoms with van der Waals surface area (Å²) in [5.74, 6) is 0.229. The molecule has 122 valence electrons. The lowest BCUT2D eigenvalue weighted by atomic mass is 9.95. The highest BCUT2D eigenvalue weighted by molar-refractivity contribution is 5.92. The minimum absolute atomic E-state index is 0. The average molecular weight is 337 g/mol. The lowest BCUT2D eigenvalue weighted by Gasteiger charge is -2.20. The maximum absolute atomic E-state index is 13.2. The first-order valence-electron chi connectivity index (χ1n) is 7.62. The Kier molecular flexibility index (Phi) is 4.41. The highest BCUT2D eigenvalue weighted by Gasteiger charge is 2.39. The van der Waals surface area contributed by atoms with Gasteiger partial charge in [0.05, 0.1) is 0 Å². The zero-order chi connectivity index (χ0) is 15.1. The number of nitrogens with one attached hydrogen (secondary N) is 2. The van der Waals surface area contributed by atoms with Gasteiger partial charge in [-0.3, -0.25) is 4.79 Å². The van der Waals surface area contributed by atoms with Crippen LogP contribution in [0.15, 0.2) is 40.8 Å². The summed E-state index contributed by atoms with van der Waals surface area (Å²) in [6.45, 7) is 0. The summed E-state index contributed by atoms with van der Waals surface area (Å²) in [5, 5.41) is 6.52. The number of amides is 1. The molecule has 3 atom stereocenters. The molecule has 0 radical (unpaired) electrons. The number of carbonyl (C=O) groups excluding carboxylic acids is 1. The summed E-state index contributed by atoms with van der Waals surface area (Å²) < 4.78 is 18.8. The fourth-order valence-corrected chi connectivity index (χ4v) is 3.48. The predicted molar refractivity (Wildman–Crippen MR) is 87.2 cm³/mol. The van der Waals surface area contributed by atoms with Gasteiger partial charge in [0.2, 0.25) is 0 Å². The smallest absolute Gasteiger partial charge is 0.287 e. The lowest BCUT2D eigenvalue weighted by Crippen LogP contribution is -2.42. The molecule has 0 aliphatic carbocycles. The van der Waals surface area contributed by atoms with Crippen molar-refractivity contribution in [3.63, 3.8) is 0 Å². The molecule has 1 aromatic heterocycles. The van der Waals surface area contributed by atoms with Gasteiger partial charge in [-0.2, -0.15) is 0 Å². The Hall–Kier alpha value is -1.85. The molecule has 23 heavy (non-hydrogen) atoms. The van der Waals surface area contributed by atoms with E-state index in [0.29, 0.717) is 23.4 Å². The van der Waals surface area contributed by atoms with Crippen molar-refractivity contribution >= 4 is 18.3 Å².